The first kappa shape index (κ1) is 14.4. The van der Waals surface area contributed by atoms with E-state index in [1.165, 1.54) is 6.33 Å². The summed E-state index contributed by atoms with van der Waals surface area (Å²) in [4.78, 5) is 15.9. The van der Waals surface area contributed by atoms with Crippen LogP contribution in [0.3, 0.4) is 0 Å². The van der Waals surface area contributed by atoms with Gasteiger partial charge in [0.15, 0.2) is 0 Å². The molecule has 1 aromatic heterocycles. The molecule has 0 saturated carbocycles. The Labute approximate surface area is 128 Å². The first-order valence-corrected chi connectivity index (χ1v) is 7.31. The lowest BCUT2D eigenvalue weighted by Gasteiger charge is -2.25. The van der Waals surface area contributed by atoms with Crippen molar-refractivity contribution in [1.29, 1.82) is 0 Å². The minimum Gasteiger partial charge on any atom is -0.494 e. The second-order valence-electron chi connectivity index (χ2n) is 4.86. The van der Waals surface area contributed by atoms with Crippen LogP contribution in [0.5, 0.6) is 11.5 Å². The Kier molecular flexibility index (Phi) is 3.95. The van der Waals surface area contributed by atoms with Crippen molar-refractivity contribution in [3.8, 4) is 11.5 Å². The highest BCUT2D eigenvalue weighted by Gasteiger charge is 2.29. The van der Waals surface area contributed by atoms with Crippen molar-refractivity contribution < 1.29 is 14.3 Å². The zero-order chi connectivity index (χ0) is 15.5. The maximum Gasteiger partial charge on any atom is 0.229 e. The summed E-state index contributed by atoms with van der Waals surface area (Å²) in [6.07, 6.45) is 1.73. The number of nitrogens with one attached hydrogen (secondary N) is 1. The number of hydrogen-bond donors (Lipinski definition) is 1. The Bertz CT molecular complexity index is 683. The van der Waals surface area contributed by atoms with Gasteiger partial charge >= 0.3 is 0 Å². The van der Waals surface area contributed by atoms with Gasteiger partial charge in [0.05, 0.1) is 25.7 Å². The molecule has 22 heavy (non-hydrogen) atoms. The van der Waals surface area contributed by atoms with Crippen molar-refractivity contribution in [2.75, 3.05) is 18.5 Å². The second-order valence-corrected chi connectivity index (χ2v) is 4.86. The highest BCUT2D eigenvalue weighted by Crippen LogP contribution is 2.36. The van der Waals surface area contributed by atoms with Gasteiger partial charge in [-0.05, 0) is 26.0 Å². The summed E-state index contributed by atoms with van der Waals surface area (Å²) < 4.78 is 13.0. The van der Waals surface area contributed by atoms with Gasteiger partial charge in [-0.1, -0.05) is 0 Å². The van der Waals surface area contributed by atoms with Gasteiger partial charge in [-0.15, -0.1) is 0 Å². The van der Waals surface area contributed by atoms with E-state index in [-0.39, 0.29) is 11.9 Å². The zero-order valence-electron chi connectivity index (χ0n) is 12.6. The number of aromatic nitrogens is 3. The summed E-state index contributed by atoms with van der Waals surface area (Å²) in [5.74, 6) is 1.82. The molecular weight excluding hydrogens is 284 g/mol. The van der Waals surface area contributed by atoms with Crippen LogP contribution in [0, 0.1) is 0 Å². The SMILES string of the molecule is CCOc1ccc([C@@H]2CC(=O)Nc3ncnn32)c(OCC)c1. The molecule has 1 atom stereocenters. The molecule has 7 heteroatoms. The first-order chi connectivity index (χ1) is 10.7. The van der Waals surface area contributed by atoms with Crippen molar-refractivity contribution in [3.63, 3.8) is 0 Å². The van der Waals surface area contributed by atoms with Crippen molar-refractivity contribution in [2.24, 2.45) is 0 Å². The molecule has 0 saturated heterocycles. The molecular formula is C15H18N4O3. The minimum absolute atomic E-state index is 0.0816. The van der Waals surface area contributed by atoms with Crippen LogP contribution in [0.15, 0.2) is 24.5 Å². The smallest absolute Gasteiger partial charge is 0.229 e. The van der Waals surface area contributed by atoms with E-state index in [0.717, 1.165) is 11.3 Å². The van der Waals surface area contributed by atoms with E-state index in [9.17, 15) is 4.79 Å². The lowest BCUT2D eigenvalue weighted by molar-refractivity contribution is -0.117. The molecule has 0 bridgehead atoms. The van der Waals surface area contributed by atoms with E-state index in [0.29, 0.717) is 31.3 Å². The highest BCUT2D eigenvalue weighted by atomic mass is 16.5. The standard InChI is InChI=1S/C15H18N4O3/c1-3-21-10-5-6-11(13(7-10)22-4-2)12-8-14(20)18-15-16-9-17-19(12)15/h5-7,9,12H,3-4,8H2,1-2H3,(H,16,17,18,20)/t12-/m0/s1. The Morgan fingerprint density at radius 2 is 2.14 bits per heavy atom. The van der Waals surface area contributed by atoms with Gasteiger partial charge in [0, 0.05) is 11.6 Å². The van der Waals surface area contributed by atoms with Gasteiger partial charge in [-0.3, -0.25) is 10.1 Å². The molecule has 1 amide bonds. The number of fused-ring (bicyclic) bond motifs is 1. The maximum absolute atomic E-state index is 11.9. The largest absolute Gasteiger partial charge is 0.494 e. The third-order valence-electron chi connectivity index (χ3n) is 3.45. The van der Waals surface area contributed by atoms with Gasteiger partial charge in [0.2, 0.25) is 11.9 Å². The average molecular weight is 302 g/mol. The van der Waals surface area contributed by atoms with Gasteiger partial charge in [-0.2, -0.15) is 10.1 Å². The molecule has 0 unspecified atom stereocenters. The van der Waals surface area contributed by atoms with Gasteiger partial charge in [0.25, 0.3) is 0 Å². The predicted molar refractivity (Wildman–Crippen MR) is 80.2 cm³/mol. The summed E-state index contributed by atoms with van der Waals surface area (Å²) >= 11 is 0. The van der Waals surface area contributed by atoms with Crippen LogP contribution in [-0.4, -0.2) is 33.9 Å². The van der Waals surface area contributed by atoms with E-state index in [1.807, 2.05) is 32.0 Å². The molecule has 1 N–H and O–H groups in total. The van der Waals surface area contributed by atoms with Crippen LogP contribution in [0.4, 0.5) is 5.95 Å². The van der Waals surface area contributed by atoms with Crippen LogP contribution < -0.4 is 14.8 Å². The number of benzene rings is 1. The fraction of sp³-hybridized carbons (Fsp3) is 0.400. The zero-order valence-corrected chi connectivity index (χ0v) is 12.6. The predicted octanol–water partition coefficient (Wildman–Crippen LogP) is 2.01. The summed E-state index contributed by atoms with van der Waals surface area (Å²) in [7, 11) is 0. The second kappa shape index (κ2) is 6.05. The maximum atomic E-state index is 11.9. The van der Waals surface area contributed by atoms with Crippen LogP contribution >= 0.6 is 0 Å². The van der Waals surface area contributed by atoms with Crippen molar-refractivity contribution in [1.82, 2.24) is 14.8 Å². The molecule has 2 aromatic rings. The van der Waals surface area contributed by atoms with E-state index in [2.05, 4.69) is 15.4 Å². The van der Waals surface area contributed by atoms with Crippen molar-refractivity contribution in [2.45, 2.75) is 26.3 Å². The number of nitrogens with zero attached hydrogens (tertiary/aromatic N) is 3. The topological polar surface area (TPSA) is 78.3 Å². The monoisotopic (exact) mass is 302 g/mol. The third kappa shape index (κ3) is 2.61. The number of amides is 1. The third-order valence-corrected chi connectivity index (χ3v) is 3.45. The van der Waals surface area contributed by atoms with E-state index < -0.39 is 0 Å². The Morgan fingerprint density at radius 1 is 1.32 bits per heavy atom. The molecule has 0 fully saturated rings. The van der Waals surface area contributed by atoms with Crippen LogP contribution in [0.25, 0.3) is 0 Å². The first-order valence-electron chi connectivity index (χ1n) is 7.31. The summed E-state index contributed by atoms with van der Waals surface area (Å²) in [6, 6.07) is 5.42. The van der Waals surface area contributed by atoms with E-state index in [4.69, 9.17) is 9.47 Å². The Morgan fingerprint density at radius 3 is 2.91 bits per heavy atom. The molecule has 7 nitrogen and oxygen atoms in total. The molecule has 3 rings (SSSR count). The average Bonchev–Trinajstić information content (AvgIpc) is 2.96. The number of carbonyl (C=O) groups is 1. The molecule has 2 heterocycles. The van der Waals surface area contributed by atoms with E-state index >= 15 is 0 Å². The highest BCUT2D eigenvalue weighted by molar-refractivity contribution is 5.91. The Hall–Kier alpha value is -2.57. The quantitative estimate of drug-likeness (QED) is 0.914. The van der Waals surface area contributed by atoms with Crippen LogP contribution in [-0.2, 0) is 4.79 Å². The fourth-order valence-corrected chi connectivity index (χ4v) is 2.57. The molecule has 116 valence electrons. The molecule has 1 aromatic carbocycles. The molecule has 0 aliphatic carbocycles. The van der Waals surface area contributed by atoms with E-state index in [1.54, 1.807) is 4.68 Å². The van der Waals surface area contributed by atoms with Gasteiger partial charge in [-0.25, -0.2) is 4.68 Å². The summed E-state index contributed by atoms with van der Waals surface area (Å²) in [6.45, 7) is 4.97. The van der Waals surface area contributed by atoms with Crippen LogP contribution in [0.1, 0.15) is 31.9 Å². The number of anilines is 1. The molecule has 1 aliphatic heterocycles. The minimum atomic E-state index is -0.233. The van der Waals surface area contributed by atoms with Crippen LogP contribution in [0.2, 0.25) is 0 Å². The van der Waals surface area contributed by atoms with Crippen molar-refractivity contribution in [3.05, 3.63) is 30.1 Å². The Balaban J connectivity index is 2.02. The lowest BCUT2D eigenvalue weighted by atomic mass is 10.0. The van der Waals surface area contributed by atoms with Crippen molar-refractivity contribution >= 4 is 11.9 Å². The molecule has 1 aliphatic rings. The fourth-order valence-electron chi connectivity index (χ4n) is 2.57. The van der Waals surface area contributed by atoms with Gasteiger partial charge < -0.3 is 9.47 Å². The van der Waals surface area contributed by atoms with Gasteiger partial charge in [0.1, 0.15) is 17.8 Å². The number of carbonyl (C=O) groups excluding carboxylic acids is 1. The normalized spacial score (nSPS) is 16.8. The molecule has 0 spiro atoms. The number of rotatable bonds is 5. The summed E-state index contributed by atoms with van der Waals surface area (Å²) in [5, 5.41) is 6.92. The molecule has 0 radical (unpaired) electrons. The number of ether oxygens (including phenoxy) is 2. The lowest BCUT2D eigenvalue weighted by Crippen LogP contribution is -2.29. The summed E-state index contributed by atoms with van der Waals surface area (Å²) in [5.41, 5.74) is 0.895. The number of hydrogen-bond acceptors (Lipinski definition) is 5.